The van der Waals surface area contributed by atoms with Gasteiger partial charge < -0.3 is 24.6 Å². The Morgan fingerprint density at radius 2 is 1.62 bits per heavy atom. The van der Waals surface area contributed by atoms with Crippen LogP contribution in [0.25, 0.3) is 11.1 Å². The summed E-state index contributed by atoms with van der Waals surface area (Å²) < 4.78 is 16.7. The first-order valence-electron chi connectivity index (χ1n) is 10.7. The van der Waals surface area contributed by atoms with E-state index in [0.29, 0.717) is 21.5 Å². The van der Waals surface area contributed by atoms with Crippen LogP contribution in [0.5, 0.6) is 11.5 Å². The molecule has 1 amide bonds. The van der Waals surface area contributed by atoms with Crippen LogP contribution in [-0.2, 0) is 16.0 Å². The summed E-state index contributed by atoms with van der Waals surface area (Å²) in [5, 5.41) is 12.2. The molecule has 1 aliphatic carbocycles. The lowest BCUT2D eigenvalue weighted by molar-refractivity contribution is -0.139. The van der Waals surface area contributed by atoms with E-state index in [1.165, 1.54) is 14.2 Å². The maximum absolute atomic E-state index is 12.6. The number of methoxy groups -OCH3 is 2. The van der Waals surface area contributed by atoms with Crippen molar-refractivity contribution in [3.8, 4) is 22.6 Å². The van der Waals surface area contributed by atoms with E-state index in [1.807, 2.05) is 36.4 Å². The Balaban J connectivity index is 1.45. The quantitative estimate of drug-likeness (QED) is 0.429. The lowest BCUT2D eigenvalue weighted by atomic mass is 9.98. The fraction of sp³-hybridized carbons (Fsp3) is 0.231. The van der Waals surface area contributed by atoms with Crippen LogP contribution in [0.1, 0.15) is 22.6 Å². The van der Waals surface area contributed by atoms with Crippen LogP contribution in [0.2, 0.25) is 0 Å². The maximum Gasteiger partial charge on any atom is 0.407 e. The lowest BCUT2D eigenvalue weighted by Gasteiger charge is -2.18. The number of fused-ring (bicyclic) bond motifs is 3. The van der Waals surface area contributed by atoms with Gasteiger partial charge in [0.1, 0.15) is 12.6 Å². The molecule has 1 unspecified atom stereocenters. The van der Waals surface area contributed by atoms with Gasteiger partial charge >= 0.3 is 12.1 Å². The largest absolute Gasteiger partial charge is 0.493 e. The Labute approximate surface area is 205 Å². The Morgan fingerprint density at radius 1 is 1.00 bits per heavy atom. The van der Waals surface area contributed by atoms with Crippen molar-refractivity contribution in [1.82, 2.24) is 5.32 Å². The molecule has 8 heteroatoms. The standard InChI is InChI=1S/C26H24BrNO6/c1-32-23-13-15(11-21(27)24(23)33-2)12-22(25(29)30)28-26(31)34-14-20-18-9-5-3-7-16(18)17-8-4-6-10-19(17)20/h3-11,13,20,22H,12,14H2,1-2H3,(H,28,31)(H,29,30). The second-order valence-electron chi connectivity index (χ2n) is 7.88. The predicted molar refractivity (Wildman–Crippen MR) is 131 cm³/mol. The molecule has 0 heterocycles. The minimum absolute atomic E-state index is 0.0402. The van der Waals surface area contributed by atoms with Crippen molar-refractivity contribution in [1.29, 1.82) is 0 Å². The van der Waals surface area contributed by atoms with E-state index in [4.69, 9.17) is 14.2 Å². The highest BCUT2D eigenvalue weighted by Crippen LogP contribution is 2.44. The van der Waals surface area contributed by atoms with Gasteiger partial charge in [-0.15, -0.1) is 0 Å². The highest BCUT2D eigenvalue weighted by molar-refractivity contribution is 9.10. The molecule has 0 fully saturated rings. The molecule has 4 rings (SSSR count). The zero-order chi connectivity index (χ0) is 24.2. The van der Waals surface area contributed by atoms with Crippen molar-refractivity contribution in [2.75, 3.05) is 20.8 Å². The maximum atomic E-state index is 12.6. The van der Waals surface area contributed by atoms with Gasteiger partial charge in [0.15, 0.2) is 11.5 Å². The van der Waals surface area contributed by atoms with E-state index < -0.39 is 18.1 Å². The summed E-state index contributed by atoms with van der Waals surface area (Å²) in [4.78, 5) is 24.4. The van der Waals surface area contributed by atoms with E-state index >= 15 is 0 Å². The molecule has 0 saturated carbocycles. The van der Waals surface area contributed by atoms with Crippen molar-refractivity contribution in [3.05, 3.63) is 81.8 Å². The fourth-order valence-corrected chi connectivity index (χ4v) is 4.96. The third-order valence-electron chi connectivity index (χ3n) is 5.87. The van der Waals surface area contributed by atoms with Crippen molar-refractivity contribution in [2.24, 2.45) is 0 Å². The molecule has 2 N–H and O–H groups in total. The van der Waals surface area contributed by atoms with Gasteiger partial charge in [0.2, 0.25) is 0 Å². The molecule has 1 atom stereocenters. The molecule has 0 aromatic heterocycles. The molecule has 34 heavy (non-hydrogen) atoms. The summed E-state index contributed by atoms with van der Waals surface area (Å²) in [7, 11) is 3.01. The molecule has 7 nitrogen and oxygen atoms in total. The molecular weight excluding hydrogens is 502 g/mol. The number of alkyl carbamates (subject to hydrolysis) is 1. The first kappa shape index (κ1) is 23.6. The van der Waals surface area contributed by atoms with Crippen LogP contribution < -0.4 is 14.8 Å². The Hall–Kier alpha value is -3.52. The average molecular weight is 526 g/mol. The molecule has 0 bridgehead atoms. The number of halogens is 1. The number of carboxylic acids is 1. The second kappa shape index (κ2) is 10.2. The van der Waals surface area contributed by atoms with E-state index in [9.17, 15) is 14.7 Å². The van der Waals surface area contributed by atoms with Crippen molar-refractivity contribution in [3.63, 3.8) is 0 Å². The molecule has 0 radical (unpaired) electrons. The Bertz CT molecular complexity index is 1180. The molecule has 176 valence electrons. The molecule has 0 saturated heterocycles. The smallest absolute Gasteiger partial charge is 0.407 e. The van der Waals surface area contributed by atoms with Gasteiger partial charge in [-0.3, -0.25) is 0 Å². The number of hydrogen-bond donors (Lipinski definition) is 2. The SMILES string of the molecule is COc1cc(CC(NC(=O)OCC2c3ccccc3-c3ccccc32)C(=O)O)cc(Br)c1OC. The summed E-state index contributed by atoms with van der Waals surface area (Å²) in [6.07, 6.45) is -0.743. The number of nitrogens with one attached hydrogen (secondary N) is 1. The first-order chi connectivity index (χ1) is 16.4. The highest BCUT2D eigenvalue weighted by atomic mass is 79.9. The van der Waals surface area contributed by atoms with E-state index in [1.54, 1.807) is 12.1 Å². The van der Waals surface area contributed by atoms with Crippen molar-refractivity contribution >= 4 is 28.0 Å². The monoisotopic (exact) mass is 525 g/mol. The van der Waals surface area contributed by atoms with Crippen LogP contribution in [0.15, 0.2) is 65.1 Å². The Morgan fingerprint density at radius 3 is 2.18 bits per heavy atom. The van der Waals surface area contributed by atoms with Crippen LogP contribution >= 0.6 is 15.9 Å². The van der Waals surface area contributed by atoms with Gasteiger partial charge in [-0.1, -0.05) is 48.5 Å². The summed E-state index contributed by atoms with van der Waals surface area (Å²) in [6, 6.07) is 18.3. The van der Waals surface area contributed by atoms with Gasteiger partial charge in [-0.2, -0.15) is 0 Å². The number of aliphatic carboxylic acids is 1. The molecule has 0 spiro atoms. The van der Waals surface area contributed by atoms with Gasteiger partial charge in [0.25, 0.3) is 0 Å². The fourth-order valence-electron chi connectivity index (χ4n) is 4.31. The molecule has 1 aliphatic rings. The average Bonchev–Trinajstić information content (AvgIpc) is 3.15. The molecular formula is C26H24BrNO6. The van der Waals surface area contributed by atoms with Gasteiger partial charge in [-0.05, 0) is 55.9 Å². The van der Waals surface area contributed by atoms with Crippen LogP contribution in [-0.4, -0.2) is 44.0 Å². The number of benzene rings is 3. The summed E-state index contributed by atoms with van der Waals surface area (Å²) in [5.41, 5.74) is 5.06. The highest BCUT2D eigenvalue weighted by Gasteiger charge is 2.30. The lowest BCUT2D eigenvalue weighted by Crippen LogP contribution is -2.42. The van der Waals surface area contributed by atoms with Crippen LogP contribution in [0, 0.1) is 0 Å². The number of carboxylic acid groups (broad SMARTS) is 1. The minimum atomic E-state index is -1.18. The minimum Gasteiger partial charge on any atom is -0.493 e. The van der Waals surface area contributed by atoms with Gasteiger partial charge in [0, 0.05) is 12.3 Å². The predicted octanol–water partition coefficient (Wildman–Crippen LogP) is 5.00. The number of ether oxygens (including phenoxy) is 3. The van der Waals surface area contributed by atoms with Crippen LogP contribution in [0.4, 0.5) is 4.79 Å². The third-order valence-corrected chi connectivity index (χ3v) is 6.46. The first-order valence-corrected chi connectivity index (χ1v) is 11.5. The third kappa shape index (κ3) is 4.72. The second-order valence-corrected chi connectivity index (χ2v) is 8.73. The van der Waals surface area contributed by atoms with E-state index in [0.717, 1.165) is 22.3 Å². The number of rotatable bonds is 8. The van der Waals surface area contributed by atoms with Gasteiger partial charge in [-0.25, -0.2) is 9.59 Å². The topological polar surface area (TPSA) is 94.1 Å². The van der Waals surface area contributed by atoms with Crippen molar-refractivity contribution < 1.29 is 28.9 Å². The molecule has 3 aromatic rings. The summed E-state index contributed by atoms with van der Waals surface area (Å²) in [5.74, 6) is -0.317. The number of carbonyl (C=O) groups excluding carboxylic acids is 1. The summed E-state index contributed by atoms with van der Waals surface area (Å²) in [6.45, 7) is 0.105. The molecule has 3 aromatic carbocycles. The van der Waals surface area contributed by atoms with Crippen molar-refractivity contribution in [2.45, 2.75) is 18.4 Å². The zero-order valence-electron chi connectivity index (χ0n) is 18.7. The Kier molecular flexibility index (Phi) is 7.07. The zero-order valence-corrected chi connectivity index (χ0v) is 20.3. The van der Waals surface area contributed by atoms with Gasteiger partial charge in [0.05, 0.1) is 18.7 Å². The molecule has 0 aliphatic heterocycles. The normalized spacial score (nSPS) is 12.9. The number of amides is 1. The number of hydrogen-bond acceptors (Lipinski definition) is 5. The summed E-state index contributed by atoms with van der Waals surface area (Å²) >= 11 is 3.40. The van der Waals surface area contributed by atoms with Crippen LogP contribution in [0.3, 0.4) is 0 Å². The van der Waals surface area contributed by atoms with E-state index in [-0.39, 0.29) is 18.9 Å². The number of carbonyl (C=O) groups is 2. The van der Waals surface area contributed by atoms with E-state index in [2.05, 4.69) is 33.4 Å².